The molecule has 0 atom stereocenters. The van der Waals surface area contributed by atoms with Crippen LogP contribution in [0.15, 0.2) is 10.6 Å². The van der Waals surface area contributed by atoms with Gasteiger partial charge in [-0.05, 0) is 19.3 Å². The van der Waals surface area contributed by atoms with E-state index in [1.165, 1.54) is 0 Å². The topological polar surface area (TPSA) is 37.4 Å². The van der Waals surface area contributed by atoms with Gasteiger partial charge in [0.25, 0.3) is 0 Å². The molecule has 0 aromatic heterocycles. The lowest BCUT2D eigenvalue weighted by molar-refractivity contribution is -0.134. The third-order valence-electron chi connectivity index (χ3n) is 2.30. The predicted octanol–water partition coefficient (Wildman–Crippen LogP) is 2.28. The van der Waals surface area contributed by atoms with Gasteiger partial charge >= 0.3 is 0 Å². The second-order valence-corrected chi connectivity index (χ2v) is 4.53. The number of hydrogen-bond donors (Lipinski definition) is 0. The standard InChI is InChI=1S/C10H13Cl2NO2/c11-9(12)6-8(14)7-10(15)13-4-2-1-3-5-13/h6H,1-5,7H2. The zero-order valence-corrected chi connectivity index (χ0v) is 9.85. The van der Waals surface area contributed by atoms with E-state index in [0.29, 0.717) is 0 Å². The van der Waals surface area contributed by atoms with Gasteiger partial charge in [0.2, 0.25) is 5.91 Å². The summed E-state index contributed by atoms with van der Waals surface area (Å²) in [4.78, 5) is 24.5. The Morgan fingerprint density at radius 2 is 1.73 bits per heavy atom. The van der Waals surface area contributed by atoms with E-state index in [0.717, 1.165) is 38.4 Å². The van der Waals surface area contributed by atoms with Crippen molar-refractivity contribution in [2.45, 2.75) is 25.7 Å². The van der Waals surface area contributed by atoms with Crippen LogP contribution in [0.1, 0.15) is 25.7 Å². The third-order valence-corrected chi connectivity index (χ3v) is 2.52. The molecule has 0 spiro atoms. The van der Waals surface area contributed by atoms with Crippen molar-refractivity contribution in [1.29, 1.82) is 0 Å². The molecular weight excluding hydrogens is 237 g/mol. The summed E-state index contributed by atoms with van der Waals surface area (Å²) >= 11 is 10.6. The Bertz CT molecular complexity index is 279. The van der Waals surface area contributed by atoms with Crippen LogP contribution in [0.3, 0.4) is 0 Å². The van der Waals surface area contributed by atoms with Gasteiger partial charge in [0, 0.05) is 19.2 Å². The number of hydrogen-bond acceptors (Lipinski definition) is 2. The van der Waals surface area contributed by atoms with E-state index >= 15 is 0 Å². The zero-order chi connectivity index (χ0) is 11.3. The minimum absolute atomic E-state index is 0.105. The minimum atomic E-state index is -0.342. The maximum atomic E-state index is 11.6. The van der Waals surface area contributed by atoms with Gasteiger partial charge in [0.15, 0.2) is 5.78 Å². The van der Waals surface area contributed by atoms with Gasteiger partial charge in [-0.3, -0.25) is 9.59 Å². The number of allylic oxidation sites excluding steroid dienone is 1. The summed E-state index contributed by atoms with van der Waals surface area (Å²) in [5.74, 6) is -0.476. The Balaban J connectivity index is 2.40. The van der Waals surface area contributed by atoms with Crippen LogP contribution >= 0.6 is 23.2 Å². The molecule has 5 heteroatoms. The normalized spacial score (nSPS) is 16.0. The zero-order valence-electron chi connectivity index (χ0n) is 8.34. The first kappa shape index (κ1) is 12.5. The van der Waals surface area contributed by atoms with E-state index in [4.69, 9.17) is 23.2 Å². The van der Waals surface area contributed by atoms with Crippen LogP contribution in [0.5, 0.6) is 0 Å². The molecule has 0 aromatic carbocycles. The maximum Gasteiger partial charge on any atom is 0.230 e. The lowest BCUT2D eigenvalue weighted by Gasteiger charge is -2.26. The van der Waals surface area contributed by atoms with Crippen molar-refractivity contribution in [2.24, 2.45) is 0 Å². The third kappa shape index (κ3) is 4.67. The van der Waals surface area contributed by atoms with E-state index in [9.17, 15) is 9.59 Å². The van der Waals surface area contributed by atoms with Crippen LogP contribution in [-0.4, -0.2) is 29.7 Å². The monoisotopic (exact) mass is 249 g/mol. The second-order valence-electron chi connectivity index (χ2n) is 3.52. The average Bonchev–Trinajstić information content (AvgIpc) is 2.17. The maximum absolute atomic E-state index is 11.6. The van der Waals surface area contributed by atoms with Gasteiger partial charge in [0.1, 0.15) is 4.49 Å². The van der Waals surface area contributed by atoms with Gasteiger partial charge in [-0.15, -0.1) is 0 Å². The number of nitrogens with zero attached hydrogens (tertiary/aromatic N) is 1. The smallest absolute Gasteiger partial charge is 0.230 e. The fourth-order valence-corrected chi connectivity index (χ4v) is 1.82. The molecule has 1 saturated heterocycles. The molecule has 0 bridgehead atoms. The first-order valence-corrected chi connectivity index (χ1v) is 5.68. The fraction of sp³-hybridized carbons (Fsp3) is 0.600. The van der Waals surface area contributed by atoms with E-state index in [-0.39, 0.29) is 22.6 Å². The molecule has 1 aliphatic rings. The summed E-state index contributed by atoms with van der Waals surface area (Å²) < 4.78 is -0.105. The number of carbonyl (C=O) groups excluding carboxylic acids is 2. The van der Waals surface area contributed by atoms with Crippen molar-refractivity contribution in [3.8, 4) is 0 Å². The SMILES string of the molecule is O=C(C=C(Cl)Cl)CC(=O)N1CCCCC1. The molecule has 0 aliphatic carbocycles. The fourth-order valence-electron chi connectivity index (χ4n) is 1.58. The highest BCUT2D eigenvalue weighted by Gasteiger charge is 2.18. The highest BCUT2D eigenvalue weighted by Crippen LogP contribution is 2.11. The largest absolute Gasteiger partial charge is 0.342 e. The summed E-state index contributed by atoms with van der Waals surface area (Å²) in [6, 6.07) is 0. The van der Waals surface area contributed by atoms with E-state index < -0.39 is 0 Å². The van der Waals surface area contributed by atoms with Crippen LogP contribution in [-0.2, 0) is 9.59 Å². The Morgan fingerprint density at radius 1 is 1.13 bits per heavy atom. The van der Waals surface area contributed by atoms with Crippen molar-refractivity contribution >= 4 is 34.9 Å². The molecule has 15 heavy (non-hydrogen) atoms. The molecule has 0 saturated carbocycles. The van der Waals surface area contributed by atoms with Gasteiger partial charge in [-0.2, -0.15) is 0 Å². The molecule has 1 aliphatic heterocycles. The molecule has 3 nitrogen and oxygen atoms in total. The highest BCUT2D eigenvalue weighted by atomic mass is 35.5. The van der Waals surface area contributed by atoms with E-state index in [1.54, 1.807) is 4.90 Å². The number of ketones is 1. The first-order chi connectivity index (χ1) is 7.09. The Labute approximate surface area is 99.0 Å². The molecule has 0 N–H and O–H groups in total. The van der Waals surface area contributed by atoms with Gasteiger partial charge < -0.3 is 4.90 Å². The molecular formula is C10H13Cl2NO2. The van der Waals surface area contributed by atoms with Crippen LogP contribution in [0, 0.1) is 0 Å². The Kier molecular flexibility index (Phi) is 5.12. The summed E-state index contributed by atoms with van der Waals surface area (Å²) in [6.45, 7) is 1.51. The van der Waals surface area contributed by atoms with Crippen molar-refractivity contribution in [3.05, 3.63) is 10.6 Å². The molecule has 0 aromatic rings. The summed E-state index contributed by atoms with van der Waals surface area (Å²) in [6.07, 6.45) is 4.14. The highest BCUT2D eigenvalue weighted by molar-refractivity contribution is 6.56. The number of piperidine rings is 1. The summed E-state index contributed by atoms with van der Waals surface area (Å²) in [5, 5.41) is 0. The van der Waals surface area contributed by atoms with E-state index in [1.807, 2.05) is 0 Å². The molecule has 1 fully saturated rings. The Morgan fingerprint density at radius 3 is 2.27 bits per heavy atom. The predicted molar refractivity (Wildman–Crippen MR) is 59.8 cm³/mol. The number of amides is 1. The Hall–Kier alpha value is -0.540. The molecule has 1 amide bonds. The number of rotatable bonds is 3. The molecule has 1 rings (SSSR count). The van der Waals surface area contributed by atoms with Crippen LogP contribution in [0.2, 0.25) is 0 Å². The number of halogens is 2. The second kappa shape index (κ2) is 6.13. The van der Waals surface area contributed by atoms with Crippen molar-refractivity contribution in [3.63, 3.8) is 0 Å². The van der Waals surface area contributed by atoms with Gasteiger partial charge in [0.05, 0.1) is 6.42 Å². The van der Waals surface area contributed by atoms with Gasteiger partial charge in [-0.1, -0.05) is 23.2 Å². The van der Waals surface area contributed by atoms with Crippen LogP contribution in [0.25, 0.3) is 0 Å². The molecule has 0 radical (unpaired) electrons. The average molecular weight is 250 g/mol. The summed E-state index contributed by atoms with van der Waals surface area (Å²) in [5.41, 5.74) is 0. The molecule has 84 valence electrons. The van der Waals surface area contributed by atoms with Crippen LogP contribution < -0.4 is 0 Å². The first-order valence-electron chi connectivity index (χ1n) is 4.93. The van der Waals surface area contributed by atoms with Crippen LogP contribution in [0.4, 0.5) is 0 Å². The number of carbonyl (C=O) groups is 2. The van der Waals surface area contributed by atoms with Crippen molar-refractivity contribution in [1.82, 2.24) is 4.90 Å². The molecule has 1 heterocycles. The lowest BCUT2D eigenvalue weighted by Crippen LogP contribution is -2.36. The van der Waals surface area contributed by atoms with Crippen molar-refractivity contribution in [2.75, 3.05) is 13.1 Å². The summed E-state index contributed by atoms with van der Waals surface area (Å²) in [7, 11) is 0. The minimum Gasteiger partial charge on any atom is -0.342 e. The van der Waals surface area contributed by atoms with Crippen molar-refractivity contribution < 1.29 is 9.59 Å². The van der Waals surface area contributed by atoms with Gasteiger partial charge in [-0.25, -0.2) is 0 Å². The number of likely N-dealkylation sites (tertiary alicyclic amines) is 1. The lowest BCUT2D eigenvalue weighted by atomic mass is 10.1. The molecule has 0 unspecified atom stereocenters. The quantitative estimate of drug-likeness (QED) is 0.569. The van der Waals surface area contributed by atoms with E-state index in [2.05, 4.69) is 0 Å².